The molecule has 79 heavy (non-hydrogen) atoms. The molecule has 435 valence electrons. The van der Waals surface area contributed by atoms with E-state index in [4.69, 9.17) is 80.9 Å². The summed E-state index contributed by atoms with van der Waals surface area (Å²) in [5, 5.41) is 28.4. The maximum absolute atomic E-state index is 11.1. The third-order valence-electron chi connectivity index (χ3n) is 7.88. The molecule has 0 fully saturated rings. The Morgan fingerprint density at radius 3 is 1.43 bits per heavy atom. The van der Waals surface area contributed by atoms with Crippen molar-refractivity contribution in [1.29, 1.82) is 0 Å². The van der Waals surface area contributed by atoms with Gasteiger partial charge in [-0.2, -0.15) is 13.5 Å². The fourth-order valence-corrected chi connectivity index (χ4v) is 10.2. The molecule has 2 aliphatic rings. The van der Waals surface area contributed by atoms with E-state index in [-0.39, 0.29) is 67.6 Å². The predicted octanol–water partition coefficient (Wildman–Crippen LogP) is 13.9. The van der Waals surface area contributed by atoms with Gasteiger partial charge in [0.2, 0.25) is 5.78 Å². The zero-order chi connectivity index (χ0) is 59.2. The van der Waals surface area contributed by atoms with Crippen LogP contribution < -0.4 is 33.6 Å². The number of nitrogen functional groups attached to an aromatic ring is 4. The molecule has 41 heteroatoms. The summed E-state index contributed by atoms with van der Waals surface area (Å²) in [4.78, 5) is 41.7. The topological polar surface area (TPSA) is 261 Å². The Labute approximate surface area is 586 Å². The second-order valence-corrected chi connectivity index (χ2v) is 28.4. The molecule has 0 aromatic heterocycles. The molecule has 2 heterocycles. The summed E-state index contributed by atoms with van der Waals surface area (Å²) in [5.74, 6) is -1.03. The van der Waals surface area contributed by atoms with Crippen LogP contribution in [0, 0.1) is 20.2 Å². The zero-order valence-corrected chi connectivity index (χ0v) is 60.9. The summed E-state index contributed by atoms with van der Waals surface area (Å²) in [6.45, 7) is 1.06. The number of Topliss-reactive ketones (excluding diaryl/α,β-unsaturated/α-hetero) is 1. The number of nitrogens with two attached hydrogens (primary N) is 4. The summed E-state index contributed by atoms with van der Waals surface area (Å²) in [6.07, 6.45) is 2.32. The zero-order valence-electron chi connectivity index (χ0n) is 37.4. The van der Waals surface area contributed by atoms with Gasteiger partial charge in [0.1, 0.15) is 21.4 Å². The molecule has 0 saturated heterocycles. The van der Waals surface area contributed by atoms with E-state index in [1.54, 1.807) is 36.4 Å². The van der Waals surface area contributed by atoms with Crippen molar-refractivity contribution in [1.82, 2.24) is 0 Å². The molecule has 0 aliphatic carbocycles. The molecule has 1 amide bonds. The summed E-state index contributed by atoms with van der Waals surface area (Å²) >= 11 is 78.2. The third-order valence-corrected chi connectivity index (χ3v) is 20.1. The molecule has 1 radical (unpaired) electrons. The fourth-order valence-electron chi connectivity index (χ4n) is 4.86. The first-order chi connectivity index (χ1) is 35.8. The number of nitrogens with one attached hydrogen (secondary N) is 2. The van der Waals surface area contributed by atoms with E-state index in [0.29, 0.717) is 37.1 Å². The second-order valence-electron chi connectivity index (χ2n) is 12.2. The van der Waals surface area contributed by atoms with E-state index in [9.17, 15) is 29.8 Å². The monoisotopic (exact) mass is 1730 g/mol. The normalized spacial score (nSPS) is 9.99. The number of rotatable bonds is 2. The molecule has 2 aliphatic heterocycles. The van der Waals surface area contributed by atoms with Crippen molar-refractivity contribution in [2.24, 2.45) is 4.30 Å². The van der Waals surface area contributed by atoms with Gasteiger partial charge in [0.05, 0.1) is 36.3 Å². The van der Waals surface area contributed by atoms with Gasteiger partial charge in [-0.15, -0.1) is 0 Å². The van der Waals surface area contributed by atoms with Crippen molar-refractivity contribution in [2.45, 2.75) is 34.1 Å². The molecular formula is C38H40BBr4Cl5N9O6S16. The van der Waals surface area contributed by atoms with Gasteiger partial charge in [-0.25, -0.2) is 0 Å². The van der Waals surface area contributed by atoms with E-state index < -0.39 is 21.5 Å². The Balaban J connectivity index is -0.000000195. The van der Waals surface area contributed by atoms with Gasteiger partial charge in [-0.3, -0.25) is 29.8 Å². The molecule has 0 spiro atoms. The summed E-state index contributed by atoms with van der Waals surface area (Å²) in [5.41, 5.74) is 25.9. The first-order valence-electron chi connectivity index (χ1n) is 18.4. The quantitative estimate of drug-likeness (QED) is 0.0216. The van der Waals surface area contributed by atoms with Crippen molar-refractivity contribution < 1.29 is 19.4 Å². The third kappa shape index (κ3) is 36.0. The number of fused-ring (bicyclic) bond motifs is 2. The number of amides is 1. The van der Waals surface area contributed by atoms with E-state index in [0.717, 1.165) is 40.3 Å². The molecule has 0 atom stereocenters. The van der Waals surface area contributed by atoms with Gasteiger partial charge < -0.3 is 33.6 Å². The number of ketones is 1. The first kappa shape index (κ1) is 90.2. The SMILES string of the molecule is C.C.Clc1c(Br)ccc2c1CCCN2.Nc1ccc(Br)c(Cl)c1N.Nc1ccc(Br)c(Cl)c1[N+](=O)[O-].Nc1cccc(Cl)c1[N+](=O)[O-].O=C1Cc2c(ccc(Br)c2Cl)NC1=O.S.S=S.S=S=S.S=S=S=S.S=S=S=S=S.[B]=NS. The number of hydrogen-bond donors (Lipinski definition) is 7. The van der Waals surface area contributed by atoms with Gasteiger partial charge in [0, 0.05) is 191 Å². The molecule has 0 bridgehead atoms. The van der Waals surface area contributed by atoms with Crippen LogP contribution in [-0.2, 0) is 165 Å². The summed E-state index contributed by atoms with van der Waals surface area (Å²) < 4.78 is 5.64. The average molecular weight is 1740 g/mol. The number of para-hydroxylation sites is 1. The van der Waals surface area contributed by atoms with Crippen molar-refractivity contribution >= 4 is 356 Å². The van der Waals surface area contributed by atoms with Gasteiger partial charge >= 0.3 is 36.1 Å². The van der Waals surface area contributed by atoms with Crippen LogP contribution in [0.5, 0.6) is 0 Å². The van der Waals surface area contributed by atoms with Crippen LogP contribution in [0.3, 0.4) is 0 Å². The molecule has 5 aromatic rings. The number of nitro benzene ring substituents is 2. The molecular weight excluding hydrogens is 1700 g/mol. The molecule has 5 aromatic carbocycles. The molecule has 15 nitrogen and oxygen atoms in total. The number of hydrogen-bond acceptors (Lipinski definition) is 21. The van der Waals surface area contributed by atoms with Gasteiger partial charge in [0.25, 0.3) is 5.91 Å². The molecule has 0 unspecified atom stereocenters. The fraction of sp³-hybridized carbons (Fsp3) is 0.158. The number of halogens is 9. The van der Waals surface area contributed by atoms with Crippen molar-refractivity contribution in [3.8, 4) is 0 Å². The van der Waals surface area contributed by atoms with Crippen LogP contribution in [0.1, 0.15) is 32.4 Å². The number of anilines is 6. The predicted molar refractivity (Wildman–Crippen MR) is 397 cm³/mol. The van der Waals surface area contributed by atoms with Crippen LogP contribution in [0.4, 0.5) is 45.5 Å². The average Bonchev–Trinajstić information content (AvgIpc) is 3.38. The Morgan fingerprint density at radius 2 is 1.04 bits per heavy atom. The Kier molecular flexibility index (Phi) is 61.1. The number of carbonyl (C=O) groups excluding carboxylic acids is 2. The summed E-state index contributed by atoms with van der Waals surface area (Å²) in [7, 11) is 11.5. The van der Waals surface area contributed by atoms with Crippen LogP contribution >= 0.6 is 148 Å². The van der Waals surface area contributed by atoms with Crippen LogP contribution in [0.25, 0.3) is 0 Å². The minimum atomic E-state index is -0.609. The van der Waals surface area contributed by atoms with E-state index in [1.165, 1.54) is 80.3 Å². The molecule has 0 saturated carbocycles. The van der Waals surface area contributed by atoms with E-state index in [1.807, 2.05) is 6.07 Å². The number of nitrogens with zero attached hydrogens (tertiary/aromatic N) is 3. The number of nitro groups is 2. The Bertz CT molecular complexity index is 3040. The minimum absolute atomic E-state index is 0. The van der Waals surface area contributed by atoms with Crippen LogP contribution in [0.15, 0.2) is 88.9 Å². The maximum atomic E-state index is 11.1. The van der Waals surface area contributed by atoms with Gasteiger partial charge in [-0.1, -0.05) is 78.9 Å². The Hall–Kier alpha value is 0.0549. The number of benzene rings is 5. The number of thiol groups is 1. The van der Waals surface area contributed by atoms with Crippen molar-refractivity contribution in [3.05, 3.63) is 141 Å². The van der Waals surface area contributed by atoms with Crippen molar-refractivity contribution in [2.75, 3.05) is 40.1 Å². The van der Waals surface area contributed by atoms with E-state index in [2.05, 4.69) is 195 Å². The molecule has 10 N–H and O–H groups in total. The van der Waals surface area contributed by atoms with Gasteiger partial charge in [0.15, 0.2) is 0 Å². The van der Waals surface area contributed by atoms with Crippen LogP contribution in [0.2, 0.25) is 25.1 Å². The van der Waals surface area contributed by atoms with Gasteiger partial charge in [-0.05, 0) is 143 Å². The summed E-state index contributed by atoms with van der Waals surface area (Å²) in [6, 6.07) is 18.4. The standard InChI is InChI=1S/C9H5BrClNO2.C9H9BrClN.C6H4BrClN2O2.C6H6BrClN2.C6H5ClN2O2.2CH4.BHNS.S5.S4.S3.S2.H2S/c10-5-1-2-6-4(8(5)11)3-7(13)9(14)12-6;10-7-3-4-8-6(9(7)11)2-1-5-12-8;7-3-1-2-4(9)6(5(3)8)10(11)12;7-3-1-2-4(9)6(10)5(3)8;7-4-2-1-3-5(8)6(4)9(10)11;;;1-2-3;1-3-5-4-2;1-3-4-2;1-3-2;1-2;/h1-2H,3H2,(H,12,14);3-4,12H,1-2,5H2;1-2H,9H2;1-2H,9-10H2;1-3H,8H2;2*1H4;3H;;;;;1H2. The molecule has 7 rings (SSSR count). The first-order valence-corrected chi connectivity index (χ1v) is 37.2. The number of carbonyl (C=O) groups is 2. The Morgan fingerprint density at radius 1 is 0.633 bits per heavy atom. The van der Waals surface area contributed by atoms with E-state index >= 15 is 0 Å². The van der Waals surface area contributed by atoms with Crippen molar-refractivity contribution in [3.63, 3.8) is 0 Å². The van der Waals surface area contributed by atoms with Crippen LogP contribution in [-0.4, -0.2) is 35.7 Å². The second kappa shape index (κ2) is 53.5.